The number of hydrogen-bond donors (Lipinski definition) is 1. The van der Waals surface area contributed by atoms with E-state index in [1.54, 1.807) is 29.6 Å². The number of carbonyl (C=O) groups excluding carboxylic acids is 1. The topological polar surface area (TPSA) is 94.3 Å². The van der Waals surface area contributed by atoms with Crippen LogP contribution in [0.25, 0.3) is 5.69 Å². The largest absolute Gasteiger partial charge is 0.411 e. The molecule has 2 aromatic carbocycles. The fraction of sp³-hybridized carbons (Fsp3) is 0.286. The number of imidazole rings is 1. The van der Waals surface area contributed by atoms with Crippen molar-refractivity contribution in [2.75, 3.05) is 19.0 Å². The summed E-state index contributed by atoms with van der Waals surface area (Å²) in [5.41, 5.74) is 3.29. The van der Waals surface area contributed by atoms with Crippen molar-refractivity contribution in [3.8, 4) is 5.69 Å². The summed E-state index contributed by atoms with van der Waals surface area (Å²) < 4.78 is 3.03. The van der Waals surface area contributed by atoms with Gasteiger partial charge < -0.3 is 19.6 Å². The molecule has 0 spiro atoms. The molecule has 0 fully saturated rings. The molecule has 1 aliphatic rings. The summed E-state index contributed by atoms with van der Waals surface area (Å²) in [6, 6.07) is 14.8. The van der Waals surface area contributed by atoms with Crippen LogP contribution >= 0.6 is 11.6 Å². The molecule has 0 saturated carbocycles. The first-order valence-electron chi connectivity index (χ1n) is 12.4. The first kappa shape index (κ1) is 25.5. The molecule has 0 aliphatic carbocycles. The number of nitrogens with zero attached hydrogens (tertiary/aromatic N) is 5. The van der Waals surface area contributed by atoms with E-state index >= 15 is 0 Å². The Balaban J connectivity index is 1.39. The van der Waals surface area contributed by atoms with E-state index in [9.17, 15) is 9.59 Å². The molecule has 2 aromatic heterocycles. The average Bonchev–Trinajstić information content (AvgIpc) is 3.47. The van der Waals surface area contributed by atoms with Gasteiger partial charge in [-0.25, -0.2) is 9.97 Å². The Hall–Kier alpha value is -4.11. The highest BCUT2D eigenvalue weighted by Crippen LogP contribution is 2.27. The van der Waals surface area contributed by atoms with E-state index in [0.717, 1.165) is 16.0 Å². The van der Waals surface area contributed by atoms with Crippen LogP contribution in [0.5, 0.6) is 0 Å². The van der Waals surface area contributed by atoms with Gasteiger partial charge in [0.05, 0.1) is 30.2 Å². The fourth-order valence-electron chi connectivity index (χ4n) is 4.71. The van der Waals surface area contributed by atoms with Crippen molar-refractivity contribution in [1.82, 2.24) is 24.2 Å². The zero-order valence-corrected chi connectivity index (χ0v) is 22.2. The lowest BCUT2D eigenvalue weighted by molar-refractivity contribution is 0.0728. The quantitative estimate of drug-likeness (QED) is 0.384. The highest BCUT2D eigenvalue weighted by molar-refractivity contribution is 6.30. The van der Waals surface area contributed by atoms with Crippen molar-refractivity contribution < 1.29 is 9.63 Å². The van der Waals surface area contributed by atoms with Crippen molar-refractivity contribution in [2.45, 2.75) is 32.9 Å². The monoisotopic (exact) mass is 532 g/mol. The highest BCUT2D eigenvalue weighted by Gasteiger charge is 2.28. The van der Waals surface area contributed by atoms with Gasteiger partial charge in [-0.3, -0.25) is 9.59 Å². The Bertz CT molecular complexity index is 1480. The first-order valence-corrected chi connectivity index (χ1v) is 12.8. The Labute approximate surface area is 225 Å². The lowest BCUT2D eigenvalue weighted by Crippen LogP contribution is -2.42. The number of amides is 1. The van der Waals surface area contributed by atoms with Crippen LogP contribution in [0, 0.1) is 5.92 Å². The van der Waals surface area contributed by atoms with Gasteiger partial charge in [0.15, 0.2) is 0 Å². The molecule has 5 rings (SSSR count). The van der Waals surface area contributed by atoms with E-state index in [-0.39, 0.29) is 30.0 Å². The SMILES string of the molecule is COn1c(NC(c2ccc(Cl)cc2)C(C)C)nc2c(c1=O)CN(C(=O)c1ccc(-n3ccnc3)cc1)CC2. The third kappa shape index (κ3) is 5.02. The maximum Gasteiger partial charge on any atom is 0.293 e. The number of anilines is 1. The summed E-state index contributed by atoms with van der Waals surface area (Å²) >= 11 is 6.08. The van der Waals surface area contributed by atoms with Gasteiger partial charge in [-0.2, -0.15) is 0 Å². The standard InChI is InChI=1S/C28H29ClN6O3/c1-18(2)25(19-4-8-21(29)9-5-19)32-28-31-24-12-14-33(16-23(24)27(37)35(28)38-3)26(36)20-6-10-22(11-7-20)34-15-13-30-17-34/h4-11,13,15,17-18,25H,12,14,16H2,1-3H3,(H,31,32). The van der Waals surface area contributed by atoms with Gasteiger partial charge in [-0.15, -0.1) is 4.73 Å². The molecule has 1 aliphatic heterocycles. The number of aromatic nitrogens is 4. The summed E-state index contributed by atoms with van der Waals surface area (Å²) in [6.45, 7) is 4.80. The Morgan fingerprint density at radius 1 is 1.11 bits per heavy atom. The van der Waals surface area contributed by atoms with E-state index in [4.69, 9.17) is 21.4 Å². The molecule has 196 valence electrons. The Morgan fingerprint density at radius 3 is 2.47 bits per heavy atom. The second-order valence-electron chi connectivity index (χ2n) is 9.55. The molecule has 1 atom stereocenters. The van der Waals surface area contributed by atoms with Gasteiger partial charge in [-0.05, 0) is 47.9 Å². The lowest BCUT2D eigenvalue weighted by Gasteiger charge is -2.30. The van der Waals surface area contributed by atoms with Crippen LogP contribution < -0.4 is 15.7 Å². The second-order valence-corrected chi connectivity index (χ2v) is 9.99. The van der Waals surface area contributed by atoms with Crippen LogP contribution in [0.4, 0.5) is 5.95 Å². The first-order chi connectivity index (χ1) is 18.4. The molecule has 9 nitrogen and oxygen atoms in total. The maximum absolute atomic E-state index is 13.5. The lowest BCUT2D eigenvalue weighted by atomic mass is 9.96. The van der Waals surface area contributed by atoms with E-state index in [2.05, 4.69) is 24.1 Å². The van der Waals surface area contributed by atoms with Crippen molar-refractivity contribution in [3.63, 3.8) is 0 Å². The van der Waals surface area contributed by atoms with Gasteiger partial charge >= 0.3 is 0 Å². The van der Waals surface area contributed by atoms with Crippen LogP contribution in [-0.2, 0) is 13.0 Å². The van der Waals surface area contributed by atoms with Gasteiger partial charge in [-0.1, -0.05) is 37.6 Å². The van der Waals surface area contributed by atoms with E-state index in [1.165, 1.54) is 7.11 Å². The molecular formula is C28H29ClN6O3. The van der Waals surface area contributed by atoms with Gasteiger partial charge in [0.1, 0.15) is 7.11 Å². The number of rotatable bonds is 7. The molecule has 4 aromatic rings. The number of fused-ring (bicyclic) bond motifs is 1. The van der Waals surface area contributed by atoms with Crippen LogP contribution in [0.1, 0.15) is 47.1 Å². The predicted octanol–water partition coefficient (Wildman–Crippen LogP) is 4.15. The van der Waals surface area contributed by atoms with E-state index < -0.39 is 0 Å². The third-order valence-corrected chi connectivity index (χ3v) is 7.01. The van der Waals surface area contributed by atoms with E-state index in [0.29, 0.717) is 40.8 Å². The molecule has 1 unspecified atom stereocenters. The molecule has 0 saturated heterocycles. The molecule has 0 radical (unpaired) electrons. The minimum Gasteiger partial charge on any atom is -0.411 e. The van der Waals surface area contributed by atoms with Crippen LogP contribution in [0.3, 0.4) is 0 Å². The van der Waals surface area contributed by atoms with Crippen LogP contribution in [0.15, 0.2) is 72.0 Å². The number of halogens is 1. The van der Waals surface area contributed by atoms with Crippen molar-refractivity contribution in [3.05, 3.63) is 105 Å². The highest BCUT2D eigenvalue weighted by atomic mass is 35.5. The fourth-order valence-corrected chi connectivity index (χ4v) is 4.83. The number of nitrogens with one attached hydrogen (secondary N) is 1. The summed E-state index contributed by atoms with van der Waals surface area (Å²) in [5, 5.41) is 4.06. The normalized spacial score (nSPS) is 13.8. The van der Waals surface area contributed by atoms with Crippen molar-refractivity contribution in [1.29, 1.82) is 0 Å². The van der Waals surface area contributed by atoms with Crippen LogP contribution in [0.2, 0.25) is 5.02 Å². The molecule has 10 heteroatoms. The predicted molar refractivity (Wildman–Crippen MR) is 146 cm³/mol. The Morgan fingerprint density at radius 2 is 1.84 bits per heavy atom. The maximum atomic E-state index is 13.5. The summed E-state index contributed by atoms with van der Waals surface area (Å²) in [6.07, 6.45) is 5.71. The molecule has 3 heterocycles. The number of carbonyl (C=O) groups is 1. The molecule has 0 bridgehead atoms. The molecule has 1 amide bonds. The number of benzene rings is 2. The van der Waals surface area contributed by atoms with Crippen LogP contribution in [-0.4, -0.2) is 43.7 Å². The second kappa shape index (κ2) is 10.7. The minimum absolute atomic E-state index is 0.120. The zero-order chi connectivity index (χ0) is 26.8. The molecular weight excluding hydrogens is 504 g/mol. The summed E-state index contributed by atoms with van der Waals surface area (Å²) in [4.78, 5) is 42.7. The minimum atomic E-state index is -0.327. The molecule has 1 N–H and O–H groups in total. The van der Waals surface area contributed by atoms with Gasteiger partial charge in [0, 0.05) is 41.6 Å². The average molecular weight is 533 g/mol. The van der Waals surface area contributed by atoms with Crippen molar-refractivity contribution >= 4 is 23.5 Å². The third-order valence-electron chi connectivity index (χ3n) is 6.76. The summed E-state index contributed by atoms with van der Waals surface area (Å²) in [5.74, 6) is 0.392. The molecule has 38 heavy (non-hydrogen) atoms. The Kier molecular flexibility index (Phi) is 7.20. The smallest absolute Gasteiger partial charge is 0.293 e. The van der Waals surface area contributed by atoms with E-state index in [1.807, 2.05) is 47.2 Å². The zero-order valence-electron chi connectivity index (χ0n) is 21.5. The van der Waals surface area contributed by atoms with Gasteiger partial charge in [0.25, 0.3) is 11.5 Å². The van der Waals surface area contributed by atoms with Crippen molar-refractivity contribution in [2.24, 2.45) is 5.92 Å². The summed E-state index contributed by atoms with van der Waals surface area (Å²) in [7, 11) is 1.43. The van der Waals surface area contributed by atoms with Gasteiger partial charge in [0.2, 0.25) is 5.95 Å². The number of hydrogen-bond acceptors (Lipinski definition) is 6.